The van der Waals surface area contributed by atoms with Crippen LogP contribution >= 0.6 is 12.2 Å². The van der Waals surface area contributed by atoms with Crippen LogP contribution in [0.4, 0.5) is 5.69 Å². The quantitative estimate of drug-likeness (QED) is 0.767. The number of amides is 1. The highest BCUT2D eigenvalue weighted by molar-refractivity contribution is 7.80. The monoisotopic (exact) mass is 249 g/mol. The molecule has 0 spiro atoms. The summed E-state index contributed by atoms with van der Waals surface area (Å²) in [7, 11) is 3.96. The van der Waals surface area contributed by atoms with Gasteiger partial charge in [-0.2, -0.15) is 0 Å². The molecule has 4 nitrogen and oxygen atoms in total. The van der Waals surface area contributed by atoms with Crippen LogP contribution < -0.4 is 15.5 Å². The van der Waals surface area contributed by atoms with Crippen molar-refractivity contribution in [1.29, 1.82) is 0 Å². The molecule has 90 valence electrons. The van der Waals surface area contributed by atoms with Gasteiger partial charge in [-0.15, -0.1) is 0 Å². The van der Waals surface area contributed by atoms with Crippen LogP contribution in [0.2, 0.25) is 0 Å². The van der Waals surface area contributed by atoms with Crippen LogP contribution in [-0.2, 0) is 10.3 Å². The van der Waals surface area contributed by atoms with Crippen LogP contribution in [0.25, 0.3) is 0 Å². The molecule has 1 aliphatic rings. The molecule has 1 aliphatic heterocycles. The standard InChI is InChI=1S/C12H15N3OS/c1-12(10(16)13-11(17)14-12)8-4-6-9(7-5-8)15(2)3/h4-7H,1-3H3,(H2,13,14,16,17). The van der Waals surface area contributed by atoms with Crippen LogP contribution in [0.15, 0.2) is 24.3 Å². The van der Waals surface area contributed by atoms with E-state index in [0.29, 0.717) is 5.11 Å². The Bertz CT molecular complexity index is 469. The number of thiocarbonyl (C=S) groups is 1. The fourth-order valence-corrected chi connectivity index (χ4v) is 2.14. The number of hydrogen-bond donors (Lipinski definition) is 2. The third-order valence-electron chi connectivity index (χ3n) is 3.01. The Labute approximate surface area is 106 Å². The van der Waals surface area contributed by atoms with Gasteiger partial charge >= 0.3 is 0 Å². The minimum atomic E-state index is -0.762. The SMILES string of the molecule is CN(C)c1ccc(C2(C)NC(=S)NC2=O)cc1. The topological polar surface area (TPSA) is 44.4 Å². The summed E-state index contributed by atoms with van der Waals surface area (Å²) in [5, 5.41) is 6.00. The van der Waals surface area contributed by atoms with E-state index in [1.165, 1.54) is 0 Å². The minimum absolute atomic E-state index is 0.111. The molecule has 1 amide bonds. The van der Waals surface area contributed by atoms with Gasteiger partial charge in [-0.25, -0.2) is 0 Å². The van der Waals surface area contributed by atoms with E-state index in [9.17, 15) is 4.79 Å². The predicted octanol–water partition coefficient (Wildman–Crippen LogP) is 0.972. The molecule has 1 saturated heterocycles. The molecule has 0 bridgehead atoms. The fraction of sp³-hybridized carbons (Fsp3) is 0.333. The fourth-order valence-electron chi connectivity index (χ4n) is 1.84. The second-order valence-electron chi connectivity index (χ2n) is 4.47. The predicted molar refractivity (Wildman–Crippen MR) is 72.0 cm³/mol. The van der Waals surface area contributed by atoms with Gasteiger partial charge in [0.15, 0.2) is 5.11 Å². The summed E-state index contributed by atoms with van der Waals surface area (Å²) in [6, 6.07) is 7.85. The van der Waals surface area contributed by atoms with E-state index in [-0.39, 0.29) is 5.91 Å². The van der Waals surface area contributed by atoms with Gasteiger partial charge in [-0.3, -0.25) is 4.79 Å². The van der Waals surface area contributed by atoms with Crippen molar-refractivity contribution in [2.45, 2.75) is 12.5 Å². The average molecular weight is 249 g/mol. The average Bonchev–Trinajstić information content (AvgIpc) is 2.54. The van der Waals surface area contributed by atoms with Gasteiger partial charge in [0, 0.05) is 19.8 Å². The number of rotatable bonds is 2. The summed E-state index contributed by atoms with van der Waals surface area (Å²) in [6.45, 7) is 1.83. The first-order valence-corrected chi connectivity index (χ1v) is 5.76. The summed E-state index contributed by atoms with van der Waals surface area (Å²) in [5.74, 6) is -0.111. The Balaban J connectivity index is 2.34. The van der Waals surface area contributed by atoms with Crippen molar-refractivity contribution < 1.29 is 4.79 Å². The van der Waals surface area contributed by atoms with E-state index in [4.69, 9.17) is 12.2 Å². The van der Waals surface area contributed by atoms with Crippen LogP contribution in [-0.4, -0.2) is 25.1 Å². The van der Waals surface area contributed by atoms with Crippen molar-refractivity contribution >= 4 is 28.9 Å². The molecule has 17 heavy (non-hydrogen) atoms. The van der Waals surface area contributed by atoms with Gasteiger partial charge in [0.25, 0.3) is 5.91 Å². The van der Waals surface area contributed by atoms with Gasteiger partial charge in [0.1, 0.15) is 5.54 Å². The number of hydrogen-bond acceptors (Lipinski definition) is 3. The van der Waals surface area contributed by atoms with Gasteiger partial charge in [-0.1, -0.05) is 12.1 Å². The molecule has 1 unspecified atom stereocenters. The maximum absolute atomic E-state index is 11.9. The molecule has 0 radical (unpaired) electrons. The lowest BCUT2D eigenvalue weighted by Gasteiger charge is -2.22. The largest absolute Gasteiger partial charge is 0.378 e. The molecule has 1 fully saturated rings. The van der Waals surface area contributed by atoms with E-state index < -0.39 is 5.54 Å². The molecule has 1 aromatic carbocycles. The summed E-state index contributed by atoms with van der Waals surface area (Å²) in [6.07, 6.45) is 0. The van der Waals surface area contributed by atoms with E-state index in [1.54, 1.807) is 0 Å². The first-order chi connectivity index (χ1) is 7.93. The Morgan fingerprint density at radius 3 is 2.24 bits per heavy atom. The van der Waals surface area contributed by atoms with Gasteiger partial charge in [-0.05, 0) is 36.8 Å². The number of carbonyl (C=O) groups excluding carboxylic acids is 1. The molecule has 0 aliphatic carbocycles. The Hall–Kier alpha value is -1.62. The second-order valence-corrected chi connectivity index (χ2v) is 4.88. The minimum Gasteiger partial charge on any atom is -0.378 e. The van der Waals surface area contributed by atoms with Crippen molar-refractivity contribution in [2.75, 3.05) is 19.0 Å². The number of nitrogens with zero attached hydrogens (tertiary/aromatic N) is 1. The van der Waals surface area contributed by atoms with E-state index >= 15 is 0 Å². The lowest BCUT2D eigenvalue weighted by Crippen LogP contribution is -2.40. The molecule has 0 aromatic heterocycles. The van der Waals surface area contributed by atoms with Gasteiger partial charge < -0.3 is 15.5 Å². The number of anilines is 1. The zero-order valence-electron chi connectivity index (χ0n) is 10.1. The van der Waals surface area contributed by atoms with E-state index in [1.807, 2.05) is 50.2 Å². The smallest absolute Gasteiger partial charge is 0.256 e. The first-order valence-electron chi connectivity index (χ1n) is 5.35. The highest BCUT2D eigenvalue weighted by Crippen LogP contribution is 2.26. The number of carbonyl (C=O) groups is 1. The van der Waals surface area contributed by atoms with Gasteiger partial charge in [0.2, 0.25) is 0 Å². The van der Waals surface area contributed by atoms with Crippen LogP contribution in [0.5, 0.6) is 0 Å². The molecular weight excluding hydrogens is 234 g/mol. The zero-order chi connectivity index (χ0) is 12.6. The lowest BCUT2D eigenvalue weighted by atomic mass is 9.92. The molecule has 2 rings (SSSR count). The lowest BCUT2D eigenvalue weighted by molar-refractivity contribution is -0.123. The third kappa shape index (κ3) is 1.98. The summed E-state index contributed by atoms with van der Waals surface area (Å²) >= 11 is 4.96. The molecule has 1 aromatic rings. The van der Waals surface area contributed by atoms with Crippen LogP contribution in [0.3, 0.4) is 0 Å². The summed E-state index contributed by atoms with van der Waals surface area (Å²) in [5.41, 5.74) is 1.24. The molecule has 1 atom stereocenters. The van der Waals surface area contributed by atoms with Crippen molar-refractivity contribution in [1.82, 2.24) is 10.6 Å². The van der Waals surface area contributed by atoms with Crippen molar-refractivity contribution in [2.24, 2.45) is 0 Å². The van der Waals surface area contributed by atoms with E-state index in [2.05, 4.69) is 10.6 Å². The highest BCUT2D eigenvalue weighted by Gasteiger charge is 2.41. The van der Waals surface area contributed by atoms with Crippen molar-refractivity contribution in [3.8, 4) is 0 Å². The first kappa shape index (κ1) is 11.9. The normalized spacial score (nSPS) is 23.2. The van der Waals surface area contributed by atoms with Gasteiger partial charge in [0.05, 0.1) is 0 Å². The second kappa shape index (κ2) is 4.00. The van der Waals surface area contributed by atoms with Crippen LogP contribution in [0, 0.1) is 0 Å². The van der Waals surface area contributed by atoms with Crippen molar-refractivity contribution in [3.05, 3.63) is 29.8 Å². The summed E-state index contributed by atoms with van der Waals surface area (Å²) < 4.78 is 0. The maximum atomic E-state index is 11.9. The van der Waals surface area contributed by atoms with Crippen LogP contribution in [0.1, 0.15) is 12.5 Å². The van der Waals surface area contributed by atoms with E-state index in [0.717, 1.165) is 11.3 Å². The summed E-state index contributed by atoms with van der Waals surface area (Å²) in [4.78, 5) is 13.9. The Morgan fingerprint density at radius 1 is 1.24 bits per heavy atom. The molecular formula is C12H15N3OS. The molecule has 5 heteroatoms. The number of nitrogens with one attached hydrogen (secondary N) is 2. The Kier molecular flexibility index (Phi) is 2.79. The highest BCUT2D eigenvalue weighted by atomic mass is 32.1. The maximum Gasteiger partial charge on any atom is 0.256 e. The Morgan fingerprint density at radius 2 is 1.82 bits per heavy atom. The molecule has 2 N–H and O–H groups in total. The zero-order valence-corrected chi connectivity index (χ0v) is 10.9. The molecule has 1 heterocycles. The number of benzene rings is 1. The molecule has 0 saturated carbocycles. The third-order valence-corrected chi connectivity index (χ3v) is 3.21. The van der Waals surface area contributed by atoms with Crippen molar-refractivity contribution in [3.63, 3.8) is 0 Å².